The van der Waals surface area contributed by atoms with Crippen molar-refractivity contribution in [2.24, 2.45) is 0 Å². The van der Waals surface area contributed by atoms with Gasteiger partial charge in [0.1, 0.15) is 4.84 Å². The van der Waals surface area contributed by atoms with E-state index in [0.29, 0.717) is 6.54 Å². The maximum atomic E-state index is 10.3. The first kappa shape index (κ1) is 14.4. The minimum Gasteiger partial charge on any atom is -0.313 e. The van der Waals surface area contributed by atoms with Gasteiger partial charge in [0, 0.05) is 6.54 Å². The first-order valence-electron chi connectivity index (χ1n) is 6.01. The van der Waals surface area contributed by atoms with E-state index in [1.807, 2.05) is 60.7 Å². The van der Waals surface area contributed by atoms with Gasteiger partial charge in [-0.25, -0.2) is 0 Å². The molecule has 100 valence electrons. The summed E-state index contributed by atoms with van der Waals surface area (Å²) in [7, 11) is 0. The van der Waals surface area contributed by atoms with Gasteiger partial charge in [0.25, 0.3) is 0 Å². The molecule has 0 saturated heterocycles. The minimum atomic E-state index is -0.712. The topological polar surface area (TPSA) is 23.5 Å². The van der Waals surface area contributed by atoms with Crippen LogP contribution in [0, 0.1) is 0 Å². The zero-order valence-electron chi connectivity index (χ0n) is 10.3. The van der Waals surface area contributed by atoms with E-state index in [4.69, 9.17) is 23.2 Å². The summed E-state index contributed by atoms with van der Waals surface area (Å²) in [6.45, 7) is 0.371. The standard InChI is InChI=1S/C15H15Cl2NO/c16-15(17)14(13-9-5-2-6-10-13)18(19)11-12-7-3-1-4-8-12/h1-10,14-15,19H,11H2. The van der Waals surface area contributed by atoms with Gasteiger partial charge in [-0.2, -0.15) is 5.06 Å². The van der Waals surface area contributed by atoms with Crippen LogP contribution in [0.1, 0.15) is 17.2 Å². The predicted octanol–water partition coefficient (Wildman–Crippen LogP) is 4.42. The number of rotatable bonds is 5. The molecule has 1 atom stereocenters. The van der Waals surface area contributed by atoms with Crippen molar-refractivity contribution in [3.63, 3.8) is 0 Å². The third-order valence-corrected chi connectivity index (χ3v) is 3.37. The fourth-order valence-corrected chi connectivity index (χ4v) is 2.52. The van der Waals surface area contributed by atoms with E-state index < -0.39 is 10.9 Å². The highest BCUT2D eigenvalue weighted by Gasteiger charge is 2.25. The summed E-state index contributed by atoms with van der Waals surface area (Å²) < 4.78 is 0. The van der Waals surface area contributed by atoms with Gasteiger partial charge in [0.15, 0.2) is 0 Å². The Hall–Kier alpha value is -1.06. The van der Waals surface area contributed by atoms with Gasteiger partial charge in [-0.1, -0.05) is 60.7 Å². The largest absolute Gasteiger partial charge is 0.313 e. The Labute approximate surface area is 123 Å². The monoisotopic (exact) mass is 295 g/mol. The summed E-state index contributed by atoms with van der Waals surface area (Å²) in [6.07, 6.45) is 0. The Kier molecular flexibility index (Phi) is 5.23. The fraction of sp³-hybridized carbons (Fsp3) is 0.200. The number of hydrogen-bond acceptors (Lipinski definition) is 2. The van der Waals surface area contributed by atoms with Crippen LogP contribution in [0.4, 0.5) is 0 Å². The molecule has 19 heavy (non-hydrogen) atoms. The van der Waals surface area contributed by atoms with Gasteiger partial charge in [-0.15, -0.1) is 23.2 Å². The van der Waals surface area contributed by atoms with Crippen molar-refractivity contribution in [3.05, 3.63) is 71.8 Å². The molecule has 1 N–H and O–H groups in total. The second-order valence-corrected chi connectivity index (χ2v) is 5.44. The Bertz CT molecular complexity index is 490. The molecule has 0 spiro atoms. The molecule has 0 heterocycles. The molecule has 0 saturated carbocycles. The number of hydrogen-bond donors (Lipinski definition) is 1. The SMILES string of the molecule is ON(Cc1ccccc1)C(c1ccccc1)C(Cl)Cl. The predicted molar refractivity (Wildman–Crippen MR) is 78.4 cm³/mol. The van der Waals surface area contributed by atoms with Crippen molar-refractivity contribution >= 4 is 23.2 Å². The van der Waals surface area contributed by atoms with Crippen molar-refractivity contribution < 1.29 is 5.21 Å². The van der Waals surface area contributed by atoms with E-state index in [0.717, 1.165) is 11.1 Å². The van der Waals surface area contributed by atoms with E-state index in [1.54, 1.807) is 0 Å². The molecule has 2 rings (SSSR count). The molecule has 0 bridgehead atoms. The van der Waals surface area contributed by atoms with E-state index in [1.165, 1.54) is 5.06 Å². The van der Waals surface area contributed by atoms with Crippen LogP contribution >= 0.6 is 23.2 Å². The van der Waals surface area contributed by atoms with Gasteiger partial charge in [0.2, 0.25) is 0 Å². The average Bonchev–Trinajstić information content (AvgIpc) is 2.40. The highest BCUT2D eigenvalue weighted by molar-refractivity contribution is 6.44. The highest BCUT2D eigenvalue weighted by Crippen LogP contribution is 2.30. The van der Waals surface area contributed by atoms with Gasteiger partial charge in [-0.3, -0.25) is 0 Å². The van der Waals surface area contributed by atoms with Crippen LogP contribution in [0.2, 0.25) is 0 Å². The van der Waals surface area contributed by atoms with Crippen molar-refractivity contribution in [1.82, 2.24) is 5.06 Å². The van der Waals surface area contributed by atoms with Crippen molar-refractivity contribution in [2.45, 2.75) is 17.4 Å². The summed E-state index contributed by atoms with van der Waals surface area (Å²) in [5.74, 6) is 0. The Morgan fingerprint density at radius 3 is 1.95 bits per heavy atom. The first-order chi connectivity index (χ1) is 9.18. The van der Waals surface area contributed by atoms with E-state index in [9.17, 15) is 5.21 Å². The van der Waals surface area contributed by atoms with E-state index in [2.05, 4.69) is 0 Å². The number of hydroxylamine groups is 2. The molecule has 0 aliphatic rings. The fourth-order valence-electron chi connectivity index (χ4n) is 1.97. The summed E-state index contributed by atoms with van der Waals surface area (Å²) in [4.78, 5) is -0.712. The van der Waals surface area contributed by atoms with Gasteiger partial charge >= 0.3 is 0 Å². The second-order valence-electron chi connectivity index (χ2n) is 4.27. The van der Waals surface area contributed by atoms with Crippen LogP contribution < -0.4 is 0 Å². The molecule has 0 aliphatic carbocycles. The first-order valence-corrected chi connectivity index (χ1v) is 6.88. The van der Waals surface area contributed by atoms with Crippen LogP contribution in [0.15, 0.2) is 60.7 Å². The van der Waals surface area contributed by atoms with Crippen molar-refractivity contribution in [2.75, 3.05) is 0 Å². The lowest BCUT2D eigenvalue weighted by molar-refractivity contribution is -0.133. The Morgan fingerprint density at radius 1 is 0.895 bits per heavy atom. The molecular weight excluding hydrogens is 281 g/mol. The summed E-state index contributed by atoms with van der Waals surface area (Å²) in [5, 5.41) is 11.4. The maximum Gasteiger partial charge on any atom is 0.129 e. The molecule has 2 nitrogen and oxygen atoms in total. The summed E-state index contributed by atoms with van der Waals surface area (Å²) in [5.41, 5.74) is 1.89. The van der Waals surface area contributed by atoms with Gasteiger partial charge in [-0.05, 0) is 11.1 Å². The molecule has 0 fully saturated rings. The van der Waals surface area contributed by atoms with Crippen molar-refractivity contribution in [1.29, 1.82) is 0 Å². The van der Waals surface area contributed by atoms with Crippen LogP contribution in [0.3, 0.4) is 0 Å². The summed E-state index contributed by atoms with van der Waals surface area (Å²) in [6, 6.07) is 18.7. The second kappa shape index (κ2) is 6.92. The molecule has 1 unspecified atom stereocenters. The average molecular weight is 296 g/mol. The Balaban J connectivity index is 2.16. The lowest BCUT2D eigenvalue weighted by Crippen LogP contribution is -2.29. The molecule has 0 amide bonds. The van der Waals surface area contributed by atoms with E-state index in [-0.39, 0.29) is 0 Å². The van der Waals surface area contributed by atoms with Gasteiger partial charge < -0.3 is 5.21 Å². The third kappa shape index (κ3) is 3.95. The van der Waals surface area contributed by atoms with Gasteiger partial charge in [0.05, 0.1) is 6.04 Å². The molecular formula is C15H15Cl2NO. The number of nitrogens with zero attached hydrogens (tertiary/aromatic N) is 1. The smallest absolute Gasteiger partial charge is 0.129 e. The third-order valence-electron chi connectivity index (χ3n) is 2.89. The molecule has 4 heteroatoms. The Morgan fingerprint density at radius 2 is 1.42 bits per heavy atom. The lowest BCUT2D eigenvalue weighted by atomic mass is 10.1. The molecule has 2 aromatic carbocycles. The van der Waals surface area contributed by atoms with Crippen LogP contribution in [-0.2, 0) is 6.54 Å². The highest BCUT2D eigenvalue weighted by atomic mass is 35.5. The zero-order chi connectivity index (χ0) is 13.7. The van der Waals surface area contributed by atoms with Crippen LogP contribution in [0.25, 0.3) is 0 Å². The van der Waals surface area contributed by atoms with Crippen LogP contribution in [0.5, 0.6) is 0 Å². The van der Waals surface area contributed by atoms with Crippen LogP contribution in [-0.4, -0.2) is 15.1 Å². The van der Waals surface area contributed by atoms with Crippen molar-refractivity contribution in [3.8, 4) is 0 Å². The lowest BCUT2D eigenvalue weighted by Gasteiger charge is -2.27. The molecule has 0 radical (unpaired) electrons. The minimum absolute atomic E-state index is 0.371. The maximum absolute atomic E-state index is 10.3. The number of halogens is 2. The number of alkyl halides is 2. The van der Waals surface area contributed by atoms with E-state index >= 15 is 0 Å². The summed E-state index contributed by atoms with van der Waals surface area (Å²) >= 11 is 12.0. The molecule has 0 aromatic heterocycles. The normalized spacial score (nSPS) is 12.9. The molecule has 0 aliphatic heterocycles. The quantitative estimate of drug-likeness (QED) is 0.652. The number of benzene rings is 2. The zero-order valence-corrected chi connectivity index (χ0v) is 11.8. The molecule has 2 aromatic rings.